The third-order valence-electron chi connectivity index (χ3n) is 4.01. The average molecular weight is 303 g/mol. The molecule has 1 aliphatic heterocycles. The zero-order chi connectivity index (χ0) is 13.4. The largest absolute Gasteiger partial charge is 0.313 e. The SMILES string of the molecule is C1=C(c2ccc(-c3ncn(C4CC4)n3)cc2)CCNC1.Cl. The van der Waals surface area contributed by atoms with Crippen LogP contribution in [0.2, 0.25) is 0 Å². The van der Waals surface area contributed by atoms with Crippen LogP contribution in [-0.4, -0.2) is 27.9 Å². The van der Waals surface area contributed by atoms with Gasteiger partial charge in [0.2, 0.25) is 0 Å². The fourth-order valence-corrected chi connectivity index (χ4v) is 2.64. The van der Waals surface area contributed by atoms with E-state index < -0.39 is 0 Å². The predicted molar refractivity (Wildman–Crippen MR) is 86.4 cm³/mol. The molecule has 5 heteroatoms. The van der Waals surface area contributed by atoms with E-state index >= 15 is 0 Å². The number of hydrogen-bond acceptors (Lipinski definition) is 3. The fraction of sp³-hybridized carbons (Fsp3) is 0.375. The van der Waals surface area contributed by atoms with Crippen molar-refractivity contribution < 1.29 is 0 Å². The van der Waals surface area contributed by atoms with Gasteiger partial charge in [0.15, 0.2) is 5.82 Å². The molecule has 0 atom stereocenters. The third-order valence-corrected chi connectivity index (χ3v) is 4.01. The minimum absolute atomic E-state index is 0. The summed E-state index contributed by atoms with van der Waals surface area (Å²) in [6.45, 7) is 2.05. The maximum Gasteiger partial charge on any atom is 0.181 e. The molecule has 1 aromatic carbocycles. The highest BCUT2D eigenvalue weighted by Crippen LogP contribution is 2.34. The Morgan fingerprint density at radius 2 is 1.86 bits per heavy atom. The second-order valence-corrected chi connectivity index (χ2v) is 5.54. The van der Waals surface area contributed by atoms with Crippen molar-refractivity contribution in [3.63, 3.8) is 0 Å². The minimum atomic E-state index is 0. The first-order chi connectivity index (χ1) is 9.90. The van der Waals surface area contributed by atoms with Gasteiger partial charge in [0.1, 0.15) is 6.33 Å². The molecule has 1 saturated carbocycles. The summed E-state index contributed by atoms with van der Waals surface area (Å²) in [6, 6.07) is 9.22. The second-order valence-electron chi connectivity index (χ2n) is 5.54. The van der Waals surface area contributed by atoms with Crippen LogP contribution in [-0.2, 0) is 0 Å². The molecular formula is C16H19ClN4. The standard InChI is InChI=1S/C16H18N4.ClH/c1-3-14(16-18-11-20(19-16)15-5-6-15)4-2-12(1)13-7-9-17-10-8-13;/h1-4,7,11,15,17H,5-6,8-10H2;1H. The van der Waals surface area contributed by atoms with Crippen LogP contribution >= 0.6 is 12.4 Å². The van der Waals surface area contributed by atoms with Gasteiger partial charge < -0.3 is 5.32 Å². The summed E-state index contributed by atoms with van der Waals surface area (Å²) in [5.74, 6) is 0.836. The van der Waals surface area contributed by atoms with Crippen molar-refractivity contribution in [3.8, 4) is 11.4 Å². The van der Waals surface area contributed by atoms with Crippen molar-refractivity contribution in [2.75, 3.05) is 13.1 Å². The minimum Gasteiger partial charge on any atom is -0.313 e. The van der Waals surface area contributed by atoms with E-state index in [4.69, 9.17) is 0 Å². The highest BCUT2D eigenvalue weighted by molar-refractivity contribution is 5.85. The first-order valence-corrected chi connectivity index (χ1v) is 7.32. The van der Waals surface area contributed by atoms with Gasteiger partial charge >= 0.3 is 0 Å². The number of halogens is 1. The summed E-state index contributed by atoms with van der Waals surface area (Å²) in [4.78, 5) is 4.42. The molecule has 2 heterocycles. The Hall–Kier alpha value is -1.65. The van der Waals surface area contributed by atoms with E-state index in [1.807, 2.05) is 11.0 Å². The smallest absolute Gasteiger partial charge is 0.181 e. The van der Waals surface area contributed by atoms with E-state index in [1.54, 1.807) is 0 Å². The molecule has 1 aromatic heterocycles. The molecule has 21 heavy (non-hydrogen) atoms. The van der Waals surface area contributed by atoms with E-state index in [0.29, 0.717) is 6.04 Å². The molecule has 0 amide bonds. The van der Waals surface area contributed by atoms with E-state index in [0.717, 1.165) is 30.9 Å². The molecular weight excluding hydrogens is 284 g/mol. The molecule has 0 bridgehead atoms. The van der Waals surface area contributed by atoms with E-state index in [-0.39, 0.29) is 12.4 Å². The van der Waals surface area contributed by atoms with Gasteiger partial charge in [-0.25, -0.2) is 9.67 Å². The van der Waals surface area contributed by atoms with Crippen molar-refractivity contribution in [2.45, 2.75) is 25.3 Å². The second kappa shape index (κ2) is 6.00. The van der Waals surface area contributed by atoms with Gasteiger partial charge in [-0.2, -0.15) is 5.10 Å². The van der Waals surface area contributed by atoms with Crippen LogP contribution in [0.5, 0.6) is 0 Å². The maximum atomic E-state index is 4.57. The van der Waals surface area contributed by atoms with Crippen molar-refractivity contribution in [1.82, 2.24) is 20.1 Å². The lowest BCUT2D eigenvalue weighted by molar-refractivity contribution is 0.641. The maximum absolute atomic E-state index is 4.57. The van der Waals surface area contributed by atoms with Gasteiger partial charge in [0.05, 0.1) is 6.04 Å². The van der Waals surface area contributed by atoms with Crippen molar-refractivity contribution >= 4 is 18.0 Å². The van der Waals surface area contributed by atoms with Gasteiger partial charge in [0, 0.05) is 12.1 Å². The van der Waals surface area contributed by atoms with Gasteiger partial charge in [0.25, 0.3) is 0 Å². The van der Waals surface area contributed by atoms with Crippen molar-refractivity contribution in [1.29, 1.82) is 0 Å². The number of hydrogen-bond donors (Lipinski definition) is 1. The Kier molecular flexibility index (Phi) is 4.08. The van der Waals surface area contributed by atoms with Crippen LogP contribution in [0.3, 0.4) is 0 Å². The zero-order valence-corrected chi connectivity index (χ0v) is 12.6. The van der Waals surface area contributed by atoms with Crippen LogP contribution in [0.15, 0.2) is 36.7 Å². The van der Waals surface area contributed by atoms with Gasteiger partial charge in [-0.3, -0.25) is 0 Å². The molecule has 2 aliphatic rings. The topological polar surface area (TPSA) is 42.7 Å². The molecule has 1 aliphatic carbocycles. The highest BCUT2D eigenvalue weighted by atomic mass is 35.5. The highest BCUT2D eigenvalue weighted by Gasteiger charge is 2.24. The summed E-state index contributed by atoms with van der Waals surface area (Å²) < 4.78 is 2.00. The average Bonchev–Trinajstić information content (AvgIpc) is 3.26. The number of aromatic nitrogens is 3. The molecule has 0 spiro atoms. The molecule has 0 radical (unpaired) electrons. The van der Waals surface area contributed by atoms with Gasteiger partial charge in [-0.1, -0.05) is 30.3 Å². The lowest BCUT2D eigenvalue weighted by Gasteiger charge is -2.14. The van der Waals surface area contributed by atoms with Crippen LogP contribution < -0.4 is 5.32 Å². The third kappa shape index (κ3) is 3.01. The molecule has 1 fully saturated rings. The number of rotatable bonds is 3. The van der Waals surface area contributed by atoms with Crippen LogP contribution in [0.1, 0.15) is 30.9 Å². The summed E-state index contributed by atoms with van der Waals surface area (Å²) in [7, 11) is 0. The monoisotopic (exact) mass is 302 g/mol. The summed E-state index contributed by atoms with van der Waals surface area (Å²) in [5.41, 5.74) is 3.85. The number of benzene rings is 1. The lowest BCUT2D eigenvalue weighted by atomic mass is 9.99. The van der Waals surface area contributed by atoms with E-state index in [1.165, 1.54) is 24.0 Å². The molecule has 4 rings (SSSR count). The summed E-state index contributed by atoms with van der Waals surface area (Å²) >= 11 is 0. The normalized spacial score (nSPS) is 18.0. The molecule has 110 valence electrons. The Balaban J connectivity index is 0.00000132. The Morgan fingerprint density at radius 3 is 2.52 bits per heavy atom. The number of nitrogens with zero attached hydrogens (tertiary/aromatic N) is 3. The van der Waals surface area contributed by atoms with Gasteiger partial charge in [-0.05, 0) is 36.9 Å². The number of nitrogens with one attached hydrogen (secondary N) is 1. The van der Waals surface area contributed by atoms with Crippen molar-refractivity contribution in [3.05, 3.63) is 42.2 Å². The first-order valence-electron chi connectivity index (χ1n) is 7.32. The van der Waals surface area contributed by atoms with Gasteiger partial charge in [-0.15, -0.1) is 12.4 Å². The molecule has 0 unspecified atom stereocenters. The zero-order valence-electron chi connectivity index (χ0n) is 11.8. The van der Waals surface area contributed by atoms with Crippen molar-refractivity contribution in [2.24, 2.45) is 0 Å². The summed E-state index contributed by atoms with van der Waals surface area (Å²) in [6.07, 6.45) is 7.72. The van der Waals surface area contributed by atoms with E-state index in [2.05, 4.69) is 45.7 Å². The Bertz CT molecular complexity index is 641. The predicted octanol–water partition coefficient (Wildman–Crippen LogP) is 3.08. The fourth-order valence-electron chi connectivity index (χ4n) is 2.64. The Morgan fingerprint density at radius 1 is 1.10 bits per heavy atom. The van der Waals surface area contributed by atoms with Crippen LogP contribution in [0.4, 0.5) is 0 Å². The molecule has 4 nitrogen and oxygen atoms in total. The molecule has 2 aromatic rings. The first kappa shape index (κ1) is 14.3. The molecule has 0 saturated heterocycles. The van der Waals surface area contributed by atoms with E-state index in [9.17, 15) is 0 Å². The summed E-state index contributed by atoms with van der Waals surface area (Å²) in [5, 5.41) is 7.91. The quantitative estimate of drug-likeness (QED) is 0.947. The lowest BCUT2D eigenvalue weighted by Crippen LogP contribution is -2.19. The van der Waals surface area contributed by atoms with Crippen LogP contribution in [0.25, 0.3) is 17.0 Å². The molecule has 1 N–H and O–H groups in total. The Labute approximate surface area is 130 Å². The van der Waals surface area contributed by atoms with Crippen LogP contribution in [0, 0.1) is 0 Å².